The van der Waals surface area contributed by atoms with Crippen molar-refractivity contribution < 1.29 is 0 Å². The van der Waals surface area contributed by atoms with E-state index in [4.69, 9.17) is 0 Å². The van der Waals surface area contributed by atoms with E-state index < -0.39 is 0 Å². The molecule has 15 aromatic rings. The van der Waals surface area contributed by atoms with E-state index in [2.05, 4.69) is 288 Å². The Morgan fingerprint density at radius 3 is 1.49 bits per heavy atom. The van der Waals surface area contributed by atoms with E-state index in [9.17, 15) is 0 Å². The van der Waals surface area contributed by atoms with Crippen LogP contribution in [0.5, 0.6) is 0 Å². The van der Waals surface area contributed by atoms with E-state index >= 15 is 0 Å². The highest BCUT2D eigenvalue weighted by Crippen LogP contribution is 2.42. The molecule has 356 valence electrons. The minimum atomic E-state index is 0.807. The average Bonchev–Trinajstić information content (AvgIpc) is 4.21. The smallest absolute Gasteiger partial charge is 0.0542 e. The standard InChI is InChI=1S/C73H48N2S/c1-2-17-50(18-3-1)57-22-6-7-24-59(57)54-21-16-20-52(45-54)49-34-36-51(37-35-49)58-23-8-9-26-61(58)60-25-5-4-19-53(60)43-48-33-41-70-66(44-48)62-27-10-13-30-68(62)74(70)55-39-42-71-67(46-55)63-28-11-14-31-69(63)75(71)56-38-40-65-64-29-12-15-32-72(64)76-73(65)47-56/h1-42,44-47H,43H2. The molecule has 0 amide bonds. The summed E-state index contributed by atoms with van der Waals surface area (Å²) in [6.07, 6.45) is 0.807. The first-order valence-electron chi connectivity index (χ1n) is 26.2. The zero-order valence-electron chi connectivity index (χ0n) is 41.6. The lowest BCUT2D eigenvalue weighted by Gasteiger charge is -2.15. The topological polar surface area (TPSA) is 9.86 Å². The Morgan fingerprint density at radius 2 is 0.737 bits per heavy atom. The minimum Gasteiger partial charge on any atom is -0.309 e. The highest BCUT2D eigenvalue weighted by Gasteiger charge is 2.19. The molecule has 0 bridgehead atoms. The molecular formula is C73H48N2S. The summed E-state index contributed by atoms with van der Waals surface area (Å²) >= 11 is 1.87. The Balaban J connectivity index is 0.758. The molecule has 0 spiro atoms. The Morgan fingerprint density at radius 1 is 0.250 bits per heavy atom. The molecule has 0 saturated heterocycles. The summed E-state index contributed by atoms with van der Waals surface area (Å²) in [6, 6.07) is 103. The van der Waals surface area contributed by atoms with Gasteiger partial charge in [-0.25, -0.2) is 0 Å². The number of aromatic nitrogens is 2. The van der Waals surface area contributed by atoms with Gasteiger partial charge >= 0.3 is 0 Å². The number of para-hydroxylation sites is 2. The lowest BCUT2D eigenvalue weighted by molar-refractivity contribution is 1.16. The average molecular weight is 985 g/mol. The number of hydrogen-bond donors (Lipinski definition) is 0. The highest BCUT2D eigenvalue weighted by atomic mass is 32.1. The van der Waals surface area contributed by atoms with Crippen LogP contribution in [0.2, 0.25) is 0 Å². The summed E-state index contributed by atoms with van der Waals surface area (Å²) in [7, 11) is 0. The van der Waals surface area contributed by atoms with Gasteiger partial charge in [0.05, 0.1) is 22.1 Å². The van der Waals surface area contributed by atoms with Crippen LogP contribution >= 0.6 is 11.3 Å². The summed E-state index contributed by atoms with van der Waals surface area (Å²) in [5.41, 5.74) is 22.0. The van der Waals surface area contributed by atoms with Gasteiger partial charge in [0.1, 0.15) is 0 Å². The van der Waals surface area contributed by atoms with Gasteiger partial charge in [-0.05, 0) is 140 Å². The molecule has 0 atom stereocenters. The second kappa shape index (κ2) is 18.1. The van der Waals surface area contributed by atoms with Crippen molar-refractivity contribution in [2.75, 3.05) is 0 Å². The third kappa shape index (κ3) is 7.39. The van der Waals surface area contributed by atoms with Crippen molar-refractivity contribution in [3.63, 3.8) is 0 Å². The Kier molecular flexibility index (Phi) is 10.5. The summed E-state index contributed by atoms with van der Waals surface area (Å²) in [6.45, 7) is 0. The lowest BCUT2D eigenvalue weighted by atomic mass is 9.89. The fourth-order valence-electron chi connectivity index (χ4n) is 12.1. The Hall–Kier alpha value is -9.54. The molecule has 0 aliphatic heterocycles. The maximum Gasteiger partial charge on any atom is 0.0542 e. The molecule has 2 nitrogen and oxygen atoms in total. The van der Waals surface area contributed by atoms with Crippen molar-refractivity contribution >= 4 is 75.1 Å². The van der Waals surface area contributed by atoms with E-state index in [0.717, 1.165) is 12.1 Å². The van der Waals surface area contributed by atoms with Crippen molar-refractivity contribution in [3.8, 4) is 67.0 Å². The van der Waals surface area contributed by atoms with Gasteiger partial charge in [0, 0.05) is 53.1 Å². The maximum atomic E-state index is 2.46. The summed E-state index contributed by atoms with van der Waals surface area (Å²) in [4.78, 5) is 0. The number of fused-ring (bicyclic) bond motifs is 9. The SMILES string of the molecule is c1ccc(-c2ccccc2-c2cccc(-c3ccc(-c4ccccc4-c4ccccc4Cc4ccc5c(c4)c4ccccc4n5-c4ccc5c(c4)c4ccccc4n5-c4ccc5c(c4)sc4ccccc45)cc3)c2)cc1. The van der Waals surface area contributed by atoms with Crippen molar-refractivity contribution in [2.24, 2.45) is 0 Å². The second-order valence-corrected chi connectivity index (χ2v) is 21.1. The van der Waals surface area contributed by atoms with E-state index in [1.807, 2.05) is 11.3 Å². The Labute approximate surface area is 445 Å². The fraction of sp³-hybridized carbons (Fsp3) is 0.0137. The normalized spacial score (nSPS) is 11.7. The van der Waals surface area contributed by atoms with Gasteiger partial charge in [0.2, 0.25) is 0 Å². The number of nitrogens with zero attached hydrogens (tertiary/aromatic N) is 2. The molecule has 3 aromatic heterocycles. The fourth-order valence-corrected chi connectivity index (χ4v) is 13.2. The van der Waals surface area contributed by atoms with Crippen LogP contribution in [0.25, 0.3) is 131 Å². The van der Waals surface area contributed by atoms with Gasteiger partial charge < -0.3 is 9.13 Å². The van der Waals surface area contributed by atoms with E-state index in [-0.39, 0.29) is 0 Å². The molecule has 0 radical (unpaired) electrons. The molecule has 0 fully saturated rings. The van der Waals surface area contributed by atoms with Crippen LogP contribution in [0.15, 0.2) is 279 Å². The molecule has 0 aliphatic rings. The zero-order chi connectivity index (χ0) is 50.1. The van der Waals surface area contributed by atoms with Crippen molar-refractivity contribution in [3.05, 3.63) is 290 Å². The van der Waals surface area contributed by atoms with Gasteiger partial charge in [-0.2, -0.15) is 0 Å². The third-order valence-corrected chi connectivity index (χ3v) is 16.7. The number of rotatable bonds is 9. The second-order valence-electron chi connectivity index (χ2n) is 20.0. The van der Waals surface area contributed by atoms with Crippen LogP contribution in [0.3, 0.4) is 0 Å². The molecule has 0 N–H and O–H groups in total. The first-order chi connectivity index (χ1) is 37.7. The molecule has 0 saturated carbocycles. The van der Waals surface area contributed by atoms with Crippen LogP contribution in [0.1, 0.15) is 11.1 Å². The van der Waals surface area contributed by atoms with E-state index in [1.54, 1.807) is 0 Å². The van der Waals surface area contributed by atoms with Gasteiger partial charge in [-0.15, -0.1) is 11.3 Å². The predicted octanol–water partition coefficient (Wildman–Crippen LogP) is 20.2. The molecular weight excluding hydrogens is 937 g/mol. The first kappa shape index (κ1) is 44.0. The summed E-state index contributed by atoms with van der Waals surface area (Å²) < 4.78 is 7.53. The first-order valence-corrected chi connectivity index (χ1v) is 27.0. The highest BCUT2D eigenvalue weighted by molar-refractivity contribution is 7.25. The van der Waals surface area contributed by atoms with E-state index in [0.29, 0.717) is 0 Å². The van der Waals surface area contributed by atoms with Crippen LogP contribution in [-0.4, -0.2) is 9.13 Å². The third-order valence-electron chi connectivity index (χ3n) is 15.6. The number of benzene rings is 12. The van der Waals surface area contributed by atoms with Crippen LogP contribution < -0.4 is 0 Å². The van der Waals surface area contributed by atoms with Crippen molar-refractivity contribution in [2.45, 2.75) is 6.42 Å². The molecule has 12 aromatic carbocycles. The van der Waals surface area contributed by atoms with Crippen LogP contribution in [0.4, 0.5) is 0 Å². The molecule has 3 heteroatoms. The predicted molar refractivity (Wildman–Crippen MR) is 324 cm³/mol. The number of thiophene rings is 1. The Bertz CT molecular complexity index is 4720. The molecule has 0 aliphatic carbocycles. The maximum absolute atomic E-state index is 2.46. The quantitative estimate of drug-likeness (QED) is 0.136. The number of hydrogen-bond acceptors (Lipinski definition) is 1. The van der Waals surface area contributed by atoms with Gasteiger partial charge in [0.15, 0.2) is 0 Å². The minimum absolute atomic E-state index is 0.807. The monoisotopic (exact) mass is 984 g/mol. The van der Waals surface area contributed by atoms with Gasteiger partial charge in [-0.3, -0.25) is 0 Å². The lowest BCUT2D eigenvalue weighted by Crippen LogP contribution is -1.96. The molecule has 76 heavy (non-hydrogen) atoms. The van der Waals surface area contributed by atoms with E-state index in [1.165, 1.54) is 136 Å². The largest absolute Gasteiger partial charge is 0.309 e. The zero-order valence-corrected chi connectivity index (χ0v) is 42.4. The summed E-state index contributed by atoms with van der Waals surface area (Å²) in [5.74, 6) is 0. The van der Waals surface area contributed by atoms with Crippen molar-refractivity contribution in [1.29, 1.82) is 0 Å². The van der Waals surface area contributed by atoms with Crippen LogP contribution in [0, 0.1) is 0 Å². The van der Waals surface area contributed by atoms with Crippen molar-refractivity contribution in [1.82, 2.24) is 9.13 Å². The van der Waals surface area contributed by atoms with Gasteiger partial charge in [0.25, 0.3) is 0 Å². The summed E-state index contributed by atoms with van der Waals surface area (Å²) in [5, 5.41) is 7.64. The molecule has 15 rings (SSSR count). The van der Waals surface area contributed by atoms with Crippen LogP contribution in [-0.2, 0) is 6.42 Å². The van der Waals surface area contributed by atoms with Gasteiger partial charge in [-0.1, -0.05) is 212 Å². The molecule has 3 heterocycles. The molecule has 0 unspecified atom stereocenters.